The quantitative estimate of drug-likeness (QED) is 0.318. The van der Waals surface area contributed by atoms with Crippen LogP contribution in [-0.2, 0) is 13.1 Å². The summed E-state index contributed by atoms with van der Waals surface area (Å²) in [4.78, 5) is 5.03. The van der Waals surface area contributed by atoms with E-state index in [1.165, 1.54) is 86.7 Å². The normalized spacial score (nSPS) is 11.8. The number of hydrogen-bond acceptors (Lipinski definition) is 2. The average molecular weight is 389 g/mol. The maximum absolute atomic E-state index is 2.52. The number of unbranched alkanes of at least 4 members (excludes halogenated alkanes) is 6. The van der Waals surface area contributed by atoms with Gasteiger partial charge in [-0.25, -0.2) is 0 Å². The Balaban J connectivity index is 2.80. The van der Waals surface area contributed by atoms with Gasteiger partial charge in [0, 0.05) is 13.1 Å². The molecule has 0 N–H and O–H groups in total. The molecule has 162 valence electrons. The van der Waals surface area contributed by atoms with Crippen molar-refractivity contribution in [3.8, 4) is 0 Å². The van der Waals surface area contributed by atoms with Crippen LogP contribution in [-0.4, -0.2) is 37.0 Å². The Morgan fingerprint density at radius 1 is 0.500 bits per heavy atom. The van der Waals surface area contributed by atoms with E-state index in [-0.39, 0.29) is 0 Å². The molecule has 1 aromatic rings. The highest BCUT2D eigenvalue weighted by atomic mass is 15.1. The van der Waals surface area contributed by atoms with Crippen molar-refractivity contribution >= 4 is 0 Å². The van der Waals surface area contributed by atoms with Crippen LogP contribution in [0.4, 0.5) is 0 Å². The maximum atomic E-state index is 2.52. The van der Waals surface area contributed by atoms with Gasteiger partial charge < -0.3 is 9.80 Å². The summed E-state index contributed by atoms with van der Waals surface area (Å²) in [5, 5.41) is 0. The lowest BCUT2D eigenvalue weighted by Crippen LogP contribution is -2.23. The molecule has 0 bridgehead atoms. The first kappa shape index (κ1) is 25.2. The first-order valence-corrected chi connectivity index (χ1v) is 11.8. The van der Waals surface area contributed by atoms with E-state index >= 15 is 0 Å². The van der Waals surface area contributed by atoms with Gasteiger partial charge in [-0.05, 0) is 101 Å². The minimum absolute atomic E-state index is 1.08. The minimum atomic E-state index is 1.08. The molecule has 0 radical (unpaired) electrons. The molecule has 1 aromatic carbocycles. The molecule has 0 amide bonds. The van der Waals surface area contributed by atoms with E-state index in [9.17, 15) is 0 Å². The molecule has 2 heteroatoms. The predicted octanol–water partition coefficient (Wildman–Crippen LogP) is 6.94. The smallest absolute Gasteiger partial charge is 0.0236 e. The maximum Gasteiger partial charge on any atom is 0.0236 e. The predicted molar refractivity (Wildman–Crippen MR) is 126 cm³/mol. The van der Waals surface area contributed by atoms with Crippen LogP contribution in [0.15, 0.2) is 0 Å². The Labute approximate surface area is 176 Å². The van der Waals surface area contributed by atoms with Crippen molar-refractivity contribution in [2.24, 2.45) is 0 Å². The molecule has 28 heavy (non-hydrogen) atoms. The van der Waals surface area contributed by atoms with Gasteiger partial charge in [0.25, 0.3) is 0 Å². The molecule has 0 spiro atoms. The van der Waals surface area contributed by atoms with Crippen LogP contribution in [0, 0.1) is 27.7 Å². The molecule has 0 aliphatic carbocycles. The first-order valence-electron chi connectivity index (χ1n) is 11.8. The number of benzene rings is 1. The second-order valence-corrected chi connectivity index (χ2v) is 9.05. The third-order valence-corrected chi connectivity index (χ3v) is 6.58. The summed E-state index contributed by atoms with van der Waals surface area (Å²) in [7, 11) is 4.57. The fraction of sp³-hybridized carbons (Fsp3) is 0.769. The summed E-state index contributed by atoms with van der Waals surface area (Å²) in [5.41, 5.74) is 9.16. The Hall–Kier alpha value is -0.860. The van der Waals surface area contributed by atoms with Crippen LogP contribution in [0.1, 0.15) is 98.6 Å². The molecular weight excluding hydrogens is 340 g/mol. The van der Waals surface area contributed by atoms with E-state index in [1.54, 1.807) is 11.1 Å². The van der Waals surface area contributed by atoms with Crippen molar-refractivity contribution in [1.29, 1.82) is 0 Å². The molecule has 2 nitrogen and oxygen atoms in total. The van der Waals surface area contributed by atoms with Crippen LogP contribution >= 0.6 is 0 Å². The van der Waals surface area contributed by atoms with Crippen LogP contribution < -0.4 is 0 Å². The molecular formula is C26H48N2. The van der Waals surface area contributed by atoms with E-state index in [0.717, 1.165) is 13.1 Å². The van der Waals surface area contributed by atoms with Gasteiger partial charge >= 0.3 is 0 Å². The Morgan fingerprint density at radius 3 is 1.11 bits per heavy atom. The number of nitrogens with zero attached hydrogens (tertiary/aromatic N) is 2. The Bertz CT molecular complexity index is 496. The summed E-state index contributed by atoms with van der Waals surface area (Å²) in [5.74, 6) is 0. The van der Waals surface area contributed by atoms with Crippen molar-refractivity contribution in [2.75, 3.05) is 27.2 Å². The third kappa shape index (κ3) is 7.87. The molecule has 0 saturated heterocycles. The molecule has 0 saturated carbocycles. The highest BCUT2D eigenvalue weighted by molar-refractivity contribution is 5.50. The van der Waals surface area contributed by atoms with Gasteiger partial charge in [0.15, 0.2) is 0 Å². The van der Waals surface area contributed by atoms with Gasteiger partial charge in [0.05, 0.1) is 0 Å². The summed E-state index contributed by atoms with van der Waals surface area (Å²) in [6, 6.07) is 0. The summed E-state index contributed by atoms with van der Waals surface area (Å²) in [6.07, 6.45) is 10.7. The summed E-state index contributed by atoms with van der Waals surface area (Å²) in [6.45, 7) is 18.5. The Morgan fingerprint density at radius 2 is 0.821 bits per heavy atom. The first-order chi connectivity index (χ1) is 13.3. The lowest BCUT2D eigenvalue weighted by atomic mass is 9.88. The lowest BCUT2D eigenvalue weighted by Gasteiger charge is -2.26. The average Bonchev–Trinajstić information content (AvgIpc) is 2.67. The number of hydrogen-bond donors (Lipinski definition) is 0. The van der Waals surface area contributed by atoms with Crippen LogP contribution in [0.2, 0.25) is 0 Å². The van der Waals surface area contributed by atoms with E-state index in [1.807, 2.05) is 0 Å². The van der Waals surface area contributed by atoms with E-state index in [0.29, 0.717) is 0 Å². The molecule has 0 aliphatic heterocycles. The van der Waals surface area contributed by atoms with Crippen molar-refractivity contribution in [3.63, 3.8) is 0 Å². The van der Waals surface area contributed by atoms with Crippen LogP contribution in [0.25, 0.3) is 0 Å². The molecule has 0 unspecified atom stereocenters. The van der Waals surface area contributed by atoms with Crippen LogP contribution in [0.3, 0.4) is 0 Å². The molecule has 0 atom stereocenters. The molecule has 0 aliphatic rings. The molecule has 0 aromatic heterocycles. The Kier molecular flexibility index (Phi) is 12.0. The van der Waals surface area contributed by atoms with E-state index in [4.69, 9.17) is 0 Å². The van der Waals surface area contributed by atoms with Crippen molar-refractivity contribution in [1.82, 2.24) is 9.80 Å². The molecule has 0 heterocycles. The van der Waals surface area contributed by atoms with Crippen molar-refractivity contribution in [2.45, 2.75) is 106 Å². The zero-order valence-electron chi connectivity index (χ0n) is 20.4. The van der Waals surface area contributed by atoms with Crippen molar-refractivity contribution in [3.05, 3.63) is 33.4 Å². The topological polar surface area (TPSA) is 6.48 Å². The standard InChI is InChI=1S/C26H48N2/c1-9-11-13-15-17-27(7)19-25-21(3)23(5)26(24(6)22(25)4)20-28(8)18-16-14-12-10-2/h9-20H2,1-8H3. The summed E-state index contributed by atoms with van der Waals surface area (Å²) >= 11 is 0. The monoisotopic (exact) mass is 388 g/mol. The summed E-state index contributed by atoms with van der Waals surface area (Å²) < 4.78 is 0. The highest BCUT2D eigenvalue weighted by Crippen LogP contribution is 2.28. The second-order valence-electron chi connectivity index (χ2n) is 9.05. The van der Waals surface area contributed by atoms with Gasteiger partial charge in [-0.2, -0.15) is 0 Å². The SMILES string of the molecule is CCCCCCN(C)Cc1c(C)c(C)c(CN(C)CCCCCC)c(C)c1C. The minimum Gasteiger partial charge on any atom is -0.302 e. The third-order valence-electron chi connectivity index (χ3n) is 6.58. The fourth-order valence-corrected chi connectivity index (χ4v) is 4.26. The van der Waals surface area contributed by atoms with Gasteiger partial charge in [-0.15, -0.1) is 0 Å². The largest absolute Gasteiger partial charge is 0.302 e. The second kappa shape index (κ2) is 13.4. The fourth-order valence-electron chi connectivity index (χ4n) is 4.26. The van der Waals surface area contributed by atoms with Crippen molar-refractivity contribution < 1.29 is 0 Å². The van der Waals surface area contributed by atoms with Gasteiger partial charge in [0.1, 0.15) is 0 Å². The molecule has 0 fully saturated rings. The van der Waals surface area contributed by atoms with E-state index < -0.39 is 0 Å². The lowest BCUT2D eigenvalue weighted by molar-refractivity contribution is 0.312. The highest BCUT2D eigenvalue weighted by Gasteiger charge is 2.17. The van der Waals surface area contributed by atoms with E-state index in [2.05, 4.69) is 65.4 Å². The zero-order valence-corrected chi connectivity index (χ0v) is 20.4. The van der Waals surface area contributed by atoms with Gasteiger partial charge in [-0.1, -0.05) is 52.4 Å². The van der Waals surface area contributed by atoms with Gasteiger partial charge in [-0.3, -0.25) is 0 Å². The van der Waals surface area contributed by atoms with Gasteiger partial charge in [0.2, 0.25) is 0 Å². The van der Waals surface area contributed by atoms with Crippen LogP contribution in [0.5, 0.6) is 0 Å². The zero-order chi connectivity index (χ0) is 21.1. The molecule has 1 rings (SSSR count). The number of rotatable bonds is 14.